The highest BCUT2D eigenvalue weighted by molar-refractivity contribution is 7.89. The average molecular weight is 358 g/mol. The number of para-hydroxylation sites is 1. The first kappa shape index (κ1) is 17.6. The molecular formula is C19H22N2O3S. The molecular weight excluding hydrogens is 336 g/mol. The number of amides is 1. The Hall–Kier alpha value is -2.18. The van der Waals surface area contributed by atoms with Gasteiger partial charge in [0.1, 0.15) is 0 Å². The minimum Gasteiger partial charge on any atom is -0.325 e. The summed E-state index contributed by atoms with van der Waals surface area (Å²) in [6, 6.07) is 14.1. The van der Waals surface area contributed by atoms with Gasteiger partial charge in [-0.15, -0.1) is 0 Å². The van der Waals surface area contributed by atoms with Gasteiger partial charge in [0.15, 0.2) is 0 Å². The molecule has 6 heteroatoms. The van der Waals surface area contributed by atoms with Crippen LogP contribution in [-0.4, -0.2) is 19.9 Å². The molecule has 2 N–H and O–H groups in total. The van der Waals surface area contributed by atoms with Gasteiger partial charge in [-0.2, -0.15) is 0 Å². The lowest BCUT2D eigenvalue weighted by atomic mass is 9.77. The summed E-state index contributed by atoms with van der Waals surface area (Å²) >= 11 is 0. The Morgan fingerprint density at radius 3 is 2.20 bits per heavy atom. The molecule has 0 radical (unpaired) electrons. The number of sulfonamides is 1. The summed E-state index contributed by atoms with van der Waals surface area (Å²) in [5, 5.41) is 2.89. The van der Waals surface area contributed by atoms with Crippen LogP contribution < -0.4 is 10.0 Å². The number of carbonyl (C=O) groups excluding carboxylic acids is 1. The number of benzene rings is 2. The zero-order valence-corrected chi connectivity index (χ0v) is 15.6. The molecule has 0 fully saturated rings. The Morgan fingerprint density at radius 2 is 1.60 bits per heavy atom. The van der Waals surface area contributed by atoms with E-state index in [4.69, 9.17) is 0 Å². The molecule has 3 rings (SSSR count). The highest BCUT2D eigenvalue weighted by atomic mass is 32.2. The van der Waals surface area contributed by atoms with Gasteiger partial charge in [0.25, 0.3) is 0 Å². The van der Waals surface area contributed by atoms with E-state index in [1.807, 2.05) is 31.2 Å². The molecule has 0 saturated carbocycles. The summed E-state index contributed by atoms with van der Waals surface area (Å²) in [5.74, 6) is -0.114. The van der Waals surface area contributed by atoms with Crippen LogP contribution in [0.25, 0.3) is 0 Å². The number of hydrogen-bond donors (Lipinski definition) is 2. The highest BCUT2D eigenvalue weighted by Gasteiger charge is 2.43. The minimum absolute atomic E-state index is 0.114. The van der Waals surface area contributed by atoms with E-state index in [-0.39, 0.29) is 10.8 Å². The molecule has 25 heavy (non-hydrogen) atoms. The van der Waals surface area contributed by atoms with Crippen molar-refractivity contribution in [3.05, 3.63) is 59.7 Å². The number of anilines is 1. The van der Waals surface area contributed by atoms with Crippen molar-refractivity contribution in [1.29, 1.82) is 0 Å². The Labute approximate surface area is 148 Å². The summed E-state index contributed by atoms with van der Waals surface area (Å²) in [4.78, 5) is 12.8. The number of carbonyl (C=O) groups is 1. The third-order valence-electron chi connectivity index (χ3n) is 4.35. The van der Waals surface area contributed by atoms with E-state index in [2.05, 4.69) is 10.0 Å². The molecule has 0 saturated heterocycles. The quantitative estimate of drug-likeness (QED) is 0.885. The summed E-state index contributed by atoms with van der Waals surface area (Å²) < 4.78 is 27.5. The SMILES string of the molecule is CC(C)(C)NS(=O)(=O)c1ccc(C2(C)C(=O)Nc3ccccc32)cc1. The smallest absolute Gasteiger partial charge is 0.241 e. The predicted molar refractivity (Wildman–Crippen MR) is 98.0 cm³/mol. The third-order valence-corrected chi connectivity index (χ3v) is 6.12. The average Bonchev–Trinajstić information content (AvgIpc) is 2.78. The number of nitrogens with one attached hydrogen (secondary N) is 2. The van der Waals surface area contributed by atoms with Gasteiger partial charge in [-0.3, -0.25) is 4.79 Å². The van der Waals surface area contributed by atoms with E-state index in [1.165, 1.54) is 0 Å². The lowest BCUT2D eigenvalue weighted by Gasteiger charge is -2.24. The summed E-state index contributed by atoms with van der Waals surface area (Å²) in [5.41, 5.74) is 1.04. The second-order valence-electron chi connectivity index (χ2n) is 7.50. The first-order valence-corrected chi connectivity index (χ1v) is 9.58. The lowest BCUT2D eigenvalue weighted by Crippen LogP contribution is -2.40. The molecule has 1 heterocycles. The lowest BCUT2D eigenvalue weighted by molar-refractivity contribution is -0.119. The second-order valence-corrected chi connectivity index (χ2v) is 9.19. The van der Waals surface area contributed by atoms with E-state index >= 15 is 0 Å². The molecule has 1 aliphatic rings. The first-order valence-electron chi connectivity index (χ1n) is 8.09. The zero-order valence-electron chi connectivity index (χ0n) is 14.8. The van der Waals surface area contributed by atoms with Gasteiger partial charge in [0.05, 0.1) is 10.3 Å². The van der Waals surface area contributed by atoms with Crippen LogP contribution in [0, 0.1) is 0 Å². The Kier molecular flexibility index (Phi) is 4.00. The fraction of sp³-hybridized carbons (Fsp3) is 0.316. The third kappa shape index (κ3) is 3.07. The van der Waals surface area contributed by atoms with Crippen molar-refractivity contribution in [2.75, 3.05) is 5.32 Å². The van der Waals surface area contributed by atoms with Gasteiger partial charge in [0.2, 0.25) is 15.9 Å². The van der Waals surface area contributed by atoms with E-state index in [1.54, 1.807) is 45.0 Å². The maximum atomic E-state index is 12.6. The Morgan fingerprint density at radius 1 is 1.00 bits per heavy atom. The standard InChI is InChI=1S/C19H22N2O3S/c1-18(2,3)21-25(23,24)14-11-9-13(10-12-14)19(4)15-7-5-6-8-16(15)20-17(19)22/h5-12,21H,1-4H3,(H,20,22). The van der Waals surface area contributed by atoms with Crippen LogP contribution in [0.15, 0.2) is 53.4 Å². The molecule has 0 spiro atoms. The van der Waals surface area contributed by atoms with Crippen molar-refractivity contribution >= 4 is 21.6 Å². The van der Waals surface area contributed by atoms with Crippen LogP contribution in [0.1, 0.15) is 38.8 Å². The van der Waals surface area contributed by atoms with Crippen LogP contribution in [0.3, 0.4) is 0 Å². The van der Waals surface area contributed by atoms with Crippen molar-refractivity contribution in [1.82, 2.24) is 4.72 Å². The maximum absolute atomic E-state index is 12.6. The summed E-state index contributed by atoms with van der Waals surface area (Å²) in [6.07, 6.45) is 0. The van der Waals surface area contributed by atoms with Gasteiger partial charge >= 0.3 is 0 Å². The molecule has 1 aliphatic heterocycles. The van der Waals surface area contributed by atoms with Crippen LogP contribution >= 0.6 is 0 Å². The van der Waals surface area contributed by atoms with E-state index in [9.17, 15) is 13.2 Å². The molecule has 0 aromatic heterocycles. The first-order chi connectivity index (χ1) is 11.5. The van der Waals surface area contributed by atoms with E-state index in [0.717, 1.165) is 16.8 Å². The molecule has 1 atom stereocenters. The normalized spacial score (nSPS) is 20.2. The minimum atomic E-state index is -3.60. The van der Waals surface area contributed by atoms with Gasteiger partial charge in [-0.05, 0) is 57.0 Å². The van der Waals surface area contributed by atoms with Crippen molar-refractivity contribution in [2.24, 2.45) is 0 Å². The van der Waals surface area contributed by atoms with Gasteiger partial charge < -0.3 is 5.32 Å². The van der Waals surface area contributed by atoms with Crippen molar-refractivity contribution in [2.45, 2.75) is 43.5 Å². The van der Waals surface area contributed by atoms with Crippen LogP contribution in [-0.2, 0) is 20.2 Å². The number of fused-ring (bicyclic) bond motifs is 1. The van der Waals surface area contributed by atoms with Crippen molar-refractivity contribution in [3.8, 4) is 0 Å². The Balaban J connectivity index is 2.00. The van der Waals surface area contributed by atoms with Crippen molar-refractivity contribution in [3.63, 3.8) is 0 Å². The van der Waals surface area contributed by atoms with Crippen LogP contribution in [0.5, 0.6) is 0 Å². The topological polar surface area (TPSA) is 75.3 Å². The zero-order chi connectivity index (χ0) is 18.5. The highest BCUT2D eigenvalue weighted by Crippen LogP contribution is 2.42. The van der Waals surface area contributed by atoms with Gasteiger partial charge in [0, 0.05) is 11.2 Å². The molecule has 2 aromatic carbocycles. The summed E-state index contributed by atoms with van der Waals surface area (Å²) in [6.45, 7) is 7.23. The Bertz CT molecular complexity index is 928. The van der Waals surface area contributed by atoms with Crippen LogP contribution in [0.4, 0.5) is 5.69 Å². The molecule has 0 bridgehead atoms. The number of hydrogen-bond acceptors (Lipinski definition) is 3. The van der Waals surface area contributed by atoms with Crippen molar-refractivity contribution < 1.29 is 13.2 Å². The molecule has 5 nitrogen and oxygen atoms in total. The fourth-order valence-electron chi connectivity index (χ4n) is 3.11. The van der Waals surface area contributed by atoms with E-state index < -0.39 is 21.0 Å². The molecule has 1 unspecified atom stereocenters. The molecule has 132 valence electrons. The van der Waals surface area contributed by atoms with Gasteiger partial charge in [-0.1, -0.05) is 30.3 Å². The number of rotatable bonds is 3. The summed E-state index contributed by atoms with van der Waals surface area (Å²) in [7, 11) is -3.60. The maximum Gasteiger partial charge on any atom is 0.241 e. The van der Waals surface area contributed by atoms with E-state index in [0.29, 0.717) is 0 Å². The monoisotopic (exact) mass is 358 g/mol. The molecule has 0 aliphatic carbocycles. The predicted octanol–water partition coefficient (Wildman–Crippen LogP) is 3.02. The second kappa shape index (κ2) is 5.68. The van der Waals surface area contributed by atoms with Gasteiger partial charge in [-0.25, -0.2) is 13.1 Å². The largest absolute Gasteiger partial charge is 0.325 e. The molecule has 2 aromatic rings. The van der Waals surface area contributed by atoms with Crippen LogP contribution in [0.2, 0.25) is 0 Å². The fourth-order valence-corrected chi connectivity index (χ4v) is 4.53. The molecule has 1 amide bonds.